The second-order valence-corrected chi connectivity index (χ2v) is 8.15. The quantitative estimate of drug-likeness (QED) is 0.644. The van der Waals surface area contributed by atoms with Gasteiger partial charge in [-0.1, -0.05) is 11.3 Å². The molecule has 0 radical (unpaired) electrons. The molecule has 0 bridgehead atoms. The van der Waals surface area contributed by atoms with E-state index in [1.807, 2.05) is 0 Å². The van der Waals surface area contributed by atoms with Gasteiger partial charge in [0.05, 0.1) is 11.1 Å². The second-order valence-electron chi connectivity index (χ2n) is 6.22. The molecule has 1 fully saturated rings. The summed E-state index contributed by atoms with van der Waals surface area (Å²) in [5, 5.41) is 10.3. The van der Waals surface area contributed by atoms with Gasteiger partial charge in [-0.15, -0.1) is 5.10 Å². The van der Waals surface area contributed by atoms with E-state index in [2.05, 4.69) is 15.6 Å². The van der Waals surface area contributed by atoms with E-state index < -0.39 is 10.0 Å². The molecular formula is C16H22N6O3S. The average Bonchev–Trinajstić information content (AvgIpc) is 3.30. The van der Waals surface area contributed by atoms with Crippen molar-refractivity contribution in [2.45, 2.75) is 30.3 Å². The molecule has 26 heavy (non-hydrogen) atoms. The predicted molar refractivity (Wildman–Crippen MR) is 94.8 cm³/mol. The van der Waals surface area contributed by atoms with Crippen molar-refractivity contribution in [2.24, 2.45) is 5.73 Å². The highest BCUT2D eigenvalue weighted by Crippen LogP contribution is 2.21. The number of carbonyl (C=O) groups excluding carboxylic acids is 1. The molecule has 2 heterocycles. The van der Waals surface area contributed by atoms with Gasteiger partial charge in [-0.05, 0) is 31.0 Å². The van der Waals surface area contributed by atoms with Gasteiger partial charge >= 0.3 is 0 Å². The Labute approximate surface area is 152 Å². The molecule has 1 amide bonds. The monoisotopic (exact) mass is 378 g/mol. The first-order valence-corrected chi connectivity index (χ1v) is 9.89. The Balaban J connectivity index is 1.60. The van der Waals surface area contributed by atoms with Crippen LogP contribution in [0.4, 0.5) is 0 Å². The van der Waals surface area contributed by atoms with Gasteiger partial charge in [-0.3, -0.25) is 9.48 Å². The van der Waals surface area contributed by atoms with E-state index >= 15 is 0 Å². The van der Waals surface area contributed by atoms with Crippen molar-refractivity contribution in [1.29, 1.82) is 0 Å². The van der Waals surface area contributed by atoms with Crippen molar-refractivity contribution in [2.75, 3.05) is 19.6 Å². The number of benzene rings is 1. The minimum Gasteiger partial charge on any atom is -0.352 e. The molecule has 3 rings (SSSR count). The Hall–Kier alpha value is -2.30. The van der Waals surface area contributed by atoms with E-state index in [1.165, 1.54) is 16.4 Å². The van der Waals surface area contributed by atoms with Crippen molar-refractivity contribution in [3.63, 3.8) is 0 Å². The molecule has 3 N–H and O–H groups in total. The number of aromatic nitrogens is 3. The van der Waals surface area contributed by atoms with Crippen molar-refractivity contribution in [3.05, 3.63) is 42.2 Å². The second kappa shape index (κ2) is 7.94. The fourth-order valence-corrected chi connectivity index (χ4v) is 4.37. The fraction of sp³-hybridized carbons (Fsp3) is 0.438. The molecule has 10 heteroatoms. The normalized spacial score (nSPS) is 18.1. The van der Waals surface area contributed by atoms with Gasteiger partial charge in [-0.25, -0.2) is 8.42 Å². The maximum absolute atomic E-state index is 12.7. The SMILES string of the molecule is N[C@H]1CCN(S(=O)(=O)c2cccc(C(=O)NCCCn3ccnn3)c2)C1. The van der Waals surface area contributed by atoms with Crippen molar-refractivity contribution in [1.82, 2.24) is 24.6 Å². The highest BCUT2D eigenvalue weighted by Gasteiger charge is 2.31. The lowest BCUT2D eigenvalue weighted by Gasteiger charge is -2.16. The number of carbonyl (C=O) groups is 1. The molecule has 0 unspecified atom stereocenters. The van der Waals surface area contributed by atoms with Crippen LogP contribution in [-0.4, -0.2) is 59.3 Å². The number of nitrogens with two attached hydrogens (primary N) is 1. The first kappa shape index (κ1) is 18.5. The maximum Gasteiger partial charge on any atom is 0.251 e. The first-order chi connectivity index (χ1) is 12.5. The molecule has 0 aliphatic carbocycles. The van der Waals surface area contributed by atoms with Crippen LogP contribution in [0.3, 0.4) is 0 Å². The van der Waals surface area contributed by atoms with E-state index in [1.54, 1.807) is 29.2 Å². The molecule has 1 aromatic carbocycles. The molecule has 1 aromatic heterocycles. The lowest BCUT2D eigenvalue weighted by Crippen LogP contribution is -2.32. The van der Waals surface area contributed by atoms with Gasteiger partial charge in [-0.2, -0.15) is 4.31 Å². The van der Waals surface area contributed by atoms with E-state index in [0.717, 1.165) is 0 Å². The Kier molecular flexibility index (Phi) is 5.64. The molecule has 2 aromatic rings. The Morgan fingerprint density at radius 1 is 1.38 bits per heavy atom. The zero-order valence-corrected chi connectivity index (χ0v) is 15.1. The number of hydrogen-bond acceptors (Lipinski definition) is 6. The van der Waals surface area contributed by atoms with E-state index in [9.17, 15) is 13.2 Å². The maximum atomic E-state index is 12.7. The number of amides is 1. The van der Waals surface area contributed by atoms with Gasteiger partial charge in [0.15, 0.2) is 0 Å². The molecule has 140 valence electrons. The van der Waals surface area contributed by atoms with Crippen molar-refractivity contribution in [3.8, 4) is 0 Å². The van der Waals surface area contributed by atoms with Crippen molar-refractivity contribution < 1.29 is 13.2 Å². The number of nitrogens with one attached hydrogen (secondary N) is 1. The highest BCUT2D eigenvalue weighted by molar-refractivity contribution is 7.89. The van der Waals surface area contributed by atoms with E-state index in [-0.39, 0.29) is 16.8 Å². The third kappa shape index (κ3) is 4.26. The van der Waals surface area contributed by atoms with Crippen LogP contribution in [-0.2, 0) is 16.6 Å². The summed E-state index contributed by atoms with van der Waals surface area (Å²) in [6.07, 6.45) is 4.68. The van der Waals surface area contributed by atoms with E-state index in [0.29, 0.717) is 44.6 Å². The zero-order chi connectivity index (χ0) is 18.6. The van der Waals surface area contributed by atoms with Crippen LogP contribution in [0.5, 0.6) is 0 Å². The number of rotatable bonds is 7. The molecule has 0 spiro atoms. The number of sulfonamides is 1. The third-order valence-corrected chi connectivity index (χ3v) is 6.10. The summed E-state index contributed by atoms with van der Waals surface area (Å²) in [7, 11) is -3.63. The minimum atomic E-state index is -3.63. The van der Waals surface area contributed by atoms with Crippen LogP contribution in [0.25, 0.3) is 0 Å². The zero-order valence-electron chi connectivity index (χ0n) is 14.3. The topological polar surface area (TPSA) is 123 Å². The summed E-state index contributed by atoms with van der Waals surface area (Å²) in [6.45, 7) is 1.81. The lowest BCUT2D eigenvalue weighted by molar-refractivity contribution is 0.0952. The van der Waals surface area contributed by atoms with Crippen LogP contribution in [0.1, 0.15) is 23.2 Å². The van der Waals surface area contributed by atoms with Gasteiger partial charge in [0.1, 0.15) is 0 Å². The summed E-state index contributed by atoms with van der Waals surface area (Å²) < 4.78 is 28.4. The van der Waals surface area contributed by atoms with Crippen LogP contribution in [0, 0.1) is 0 Å². The Morgan fingerprint density at radius 2 is 2.23 bits per heavy atom. The molecule has 1 aliphatic rings. The Bertz CT molecular complexity index is 853. The van der Waals surface area contributed by atoms with Gasteiger partial charge in [0, 0.05) is 44.0 Å². The van der Waals surface area contributed by atoms with Gasteiger partial charge in [0.2, 0.25) is 10.0 Å². The summed E-state index contributed by atoms with van der Waals surface area (Å²) in [4.78, 5) is 12.4. The summed E-state index contributed by atoms with van der Waals surface area (Å²) in [6, 6.07) is 5.95. The van der Waals surface area contributed by atoms with Crippen molar-refractivity contribution >= 4 is 15.9 Å². The van der Waals surface area contributed by atoms with Crippen LogP contribution >= 0.6 is 0 Å². The first-order valence-electron chi connectivity index (χ1n) is 8.45. The minimum absolute atomic E-state index is 0.113. The van der Waals surface area contributed by atoms with Crippen LogP contribution in [0.2, 0.25) is 0 Å². The van der Waals surface area contributed by atoms with Crippen LogP contribution < -0.4 is 11.1 Å². The van der Waals surface area contributed by atoms with E-state index in [4.69, 9.17) is 5.73 Å². The standard InChI is InChI=1S/C16H22N6O3S/c17-14-5-9-22(12-14)26(24,25)15-4-1-3-13(11-15)16(23)18-6-2-8-21-10-7-19-20-21/h1,3-4,7,10-11,14H,2,5-6,8-9,12,17H2,(H,18,23)/t14-/m0/s1. The molecule has 1 aliphatic heterocycles. The molecule has 1 saturated heterocycles. The summed E-state index contributed by atoms with van der Waals surface area (Å²) >= 11 is 0. The van der Waals surface area contributed by atoms with Crippen LogP contribution in [0.15, 0.2) is 41.6 Å². The average molecular weight is 378 g/mol. The predicted octanol–water partition coefficient (Wildman–Crippen LogP) is -0.180. The largest absolute Gasteiger partial charge is 0.352 e. The number of aryl methyl sites for hydroxylation is 1. The summed E-state index contributed by atoms with van der Waals surface area (Å²) in [5.41, 5.74) is 6.12. The highest BCUT2D eigenvalue weighted by atomic mass is 32.2. The number of nitrogens with zero attached hydrogens (tertiary/aromatic N) is 4. The lowest BCUT2D eigenvalue weighted by atomic mass is 10.2. The fourth-order valence-electron chi connectivity index (χ4n) is 2.82. The summed E-state index contributed by atoms with van der Waals surface area (Å²) in [5.74, 6) is -0.307. The molecule has 9 nitrogen and oxygen atoms in total. The molecule has 1 atom stereocenters. The third-order valence-electron chi connectivity index (χ3n) is 4.24. The Morgan fingerprint density at radius 3 is 2.92 bits per heavy atom. The van der Waals surface area contributed by atoms with Gasteiger partial charge in [0.25, 0.3) is 5.91 Å². The smallest absolute Gasteiger partial charge is 0.251 e. The molecule has 0 saturated carbocycles. The molecular weight excluding hydrogens is 356 g/mol. The van der Waals surface area contributed by atoms with Gasteiger partial charge < -0.3 is 11.1 Å². The number of hydrogen-bond donors (Lipinski definition) is 2.